The van der Waals surface area contributed by atoms with Gasteiger partial charge in [0.15, 0.2) is 0 Å². The van der Waals surface area contributed by atoms with Crippen molar-refractivity contribution in [2.45, 2.75) is 57.3 Å². The Hall–Kier alpha value is -2.01. The van der Waals surface area contributed by atoms with Gasteiger partial charge in [-0.1, -0.05) is 6.42 Å². The molecule has 28 heavy (non-hydrogen) atoms. The van der Waals surface area contributed by atoms with Gasteiger partial charge < -0.3 is 0 Å². The van der Waals surface area contributed by atoms with E-state index in [1.165, 1.54) is 30.9 Å². The number of benzene rings is 1. The third-order valence-corrected chi connectivity index (χ3v) is 7.29. The molecule has 2 aliphatic carbocycles. The lowest BCUT2D eigenvalue weighted by atomic mass is 9.75. The number of hydrogen-bond acceptors (Lipinski definition) is 3. The van der Waals surface area contributed by atoms with Gasteiger partial charge in [-0.3, -0.25) is 15.2 Å². The van der Waals surface area contributed by atoms with Crippen molar-refractivity contribution >= 4 is 16.8 Å². The van der Waals surface area contributed by atoms with Crippen molar-refractivity contribution in [2.75, 3.05) is 13.1 Å². The summed E-state index contributed by atoms with van der Waals surface area (Å²) < 4.78 is 13.8. The summed E-state index contributed by atoms with van der Waals surface area (Å²) in [5, 5.41) is 3.06. The van der Waals surface area contributed by atoms with Crippen LogP contribution in [0.15, 0.2) is 30.5 Å². The SMILES string of the molecule is O=C(NN1CCCCC1)[C@H]1CC12CCC(c1ccnc3ccc(F)cc13)CC2. The van der Waals surface area contributed by atoms with Crippen molar-refractivity contribution in [3.63, 3.8) is 0 Å². The summed E-state index contributed by atoms with van der Waals surface area (Å²) in [6.45, 7) is 1.97. The Bertz CT molecular complexity index is 885. The normalized spacial score (nSPS) is 30.5. The van der Waals surface area contributed by atoms with E-state index < -0.39 is 0 Å². The van der Waals surface area contributed by atoms with Gasteiger partial charge >= 0.3 is 0 Å². The van der Waals surface area contributed by atoms with Crippen molar-refractivity contribution in [3.8, 4) is 0 Å². The van der Waals surface area contributed by atoms with Gasteiger partial charge in [0, 0.05) is 30.6 Å². The van der Waals surface area contributed by atoms with Crippen LogP contribution in [0.1, 0.15) is 62.8 Å². The highest BCUT2D eigenvalue weighted by molar-refractivity contribution is 5.83. The summed E-state index contributed by atoms with van der Waals surface area (Å²) in [6.07, 6.45) is 10.8. The Labute approximate surface area is 165 Å². The van der Waals surface area contributed by atoms with Gasteiger partial charge in [-0.25, -0.2) is 9.40 Å². The second-order valence-electron chi connectivity index (χ2n) is 8.98. The molecule has 2 aromatic rings. The molecule has 5 rings (SSSR count). The molecule has 1 aromatic carbocycles. The molecule has 1 N–H and O–H groups in total. The minimum atomic E-state index is -0.203. The summed E-state index contributed by atoms with van der Waals surface area (Å²) in [7, 11) is 0. The standard InChI is InChI=1S/C23H28FN3O/c24-17-4-5-21-19(14-17)18(8-11-25-21)16-6-9-23(10-7-16)15-20(23)22(28)26-27-12-2-1-3-13-27/h4-5,8,11,14,16,20H,1-3,6-7,9-10,12-13,15H2,(H,26,28)/t16?,20-,23?/m1/s1. The topological polar surface area (TPSA) is 45.2 Å². The third-order valence-electron chi connectivity index (χ3n) is 7.29. The van der Waals surface area contributed by atoms with Crippen molar-refractivity contribution in [1.29, 1.82) is 0 Å². The highest BCUT2D eigenvalue weighted by atomic mass is 19.1. The van der Waals surface area contributed by atoms with Crippen LogP contribution in [0, 0.1) is 17.2 Å². The Balaban J connectivity index is 1.24. The smallest absolute Gasteiger partial charge is 0.237 e. The predicted octanol–water partition coefficient (Wildman–Crippen LogP) is 4.55. The zero-order valence-electron chi connectivity index (χ0n) is 16.3. The van der Waals surface area contributed by atoms with E-state index in [1.807, 2.05) is 6.20 Å². The summed E-state index contributed by atoms with van der Waals surface area (Å²) in [4.78, 5) is 17.1. The molecule has 4 nitrogen and oxygen atoms in total. The molecule has 0 unspecified atom stereocenters. The maximum atomic E-state index is 13.8. The lowest BCUT2D eigenvalue weighted by Gasteiger charge is -2.31. The fourth-order valence-electron chi connectivity index (χ4n) is 5.51. The van der Waals surface area contributed by atoms with Crippen LogP contribution in [-0.4, -0.2) is 29.0 Å². The Morgan fingerprint density at radius 1 is 1.14 bits per heavy atom. The fraction of sp³-hybridized carbons (Fsp3) is 0.565. The number of aromatic nitrogens is 1. The molecule has 0 radical (unpaired) electrons. The van der Waals surface area contributed by atoms with Crippen molar-refractivity contribution in [3.05, 3.63) is 41.8 Å². The number of carbonyl (C=O) groups is 1. The molecule has 1 spiro atoms. The van der Waals surface area contributed by atoms with Crippen molar-refractivity contribution in [1.82, 2.24) is 15.4 Å². The molecule has 1 atom stereocenters. The van der Waals surface area contributed by atoms with Crippen LogP contribution in [0.5, 0.6) is 0 Å². The number of rotatable bonds is 3. The fourth-order valence-corrected chi connectivity index (χ4v) is 5.51. The molecule has 1 aromatic heterocycles. The Kier molecular flexibility index (Phi) is 4.58. The van der Waals surface area contributed by atoms with E-state index in [4.69, 9.17) is 0 Å². The van der Waals surface area contributed by atoms with Crippen LogP contribution in [0.4, 0.5) is 4.39 Å². The molecule has 3 aliphatic rings. The average molecular weight is 381 g/mol. The van der Waals surface area contributed by atoms with Crippen LogP contribution in [0.2, 0.25) is 0 Å². The maximum absolute atomic E-state index is 13.8. The second-order valence-corrected chi connectivity index (χ2v) is 8.98. The quantitative estimate of drug-likeness (QED) is 0.848. The van der Waals surface area contributed by atoms with E-state index in [1.54, 1.807) is 12.1 Å². The number of nitrogens with one attached hydrogen (secondary N) is 1. The summed E-state index contributed by atoms with van der Waals surface area (Å²) in [6, 6.07) is 6.91. The minimum absolute atomic E-state index is 0.182. The van der Waals surface area contributed by atoms with E-state index in [0.29, 0.717) is 5.92 Å². The number of amides is 1. The molecule has 0 bridgehead atoms. The van der Waals surface area contributed by atoms with Gasteiger partial charge in [0.05, 0.1) is 5.52 Å². The molecule has 2 saturated carbocycles. The number of halogens is 1. The average Bonchev–Trinajstić information content (AvgIpc) is 3.42. The molecule has 1 amide bonds. The first-order valence-electron chi connectivity index (χ1n) is 10.7. The van der Waals surface area contributed by atoms with E-state index in [2.05, 4.69) is 21.5 Å². The number of pyridine rings is 1. The maximum Gasteiger partial charge on any atom is 0.237 e. The first kappa shape index (κ1) is 18.0. The molecule has 3 fully saturated rings. The Morgan fingerprint density at radius 3 is 2.71 bits per heavy atom. The molecule has 1 aliphatic heterocycles. The third kappa shape index (κ3) is 3.30. The molecule has 2 heterocycles. The minimum Gasteiger partial charge on any atom is -0.289 e. The second kappa shape index (κ2) is 7.11. The van der Waals surface area contributed by atoms with Gasteiger partial charge in [0.1, 0.15) is 5.82 Å². The zero-order valence-corrected chi connectivity index (χ0v) is 16.3. The highest BCUT2D eigenvalue weighted by Crippen LogP contribution is 2.63. The van der Waals surface area contributed by atoms with Crippen LogP contribution in [0.25, 0.3) is 10.9 Å². The van der Waals surface area contributed by atoms with Gasteiger partial charge in [0.2, 0.25) is 5.91 Å². The van der Waals surface area contributed by atoms with E-state index in [-0.39, 0.29) is 23.1 Å². The summed E-state index contributed by atoms with van der Waals surface area (Å²) in [5.41, 5.74) is 5.47. The lowest BCUT2D eigenvalue weighted by Crippen LogP contribution is -2.46. The lowest BCUT2D eigenvalue weighted by molar-refractivity contribution is -0.128. The molecule has 1 saturated heterocycles. The van der Waals surface area contributed by atoms with Crippen LogP contribution < -0.4 is 5.43 Å². The zero-order chi connectivity index (χ0) is 19.1. The van der Waals surface area contributed by atoms with E-state index >= 15 is 0 Å². The van der Waals surface area contributed by atoms with E-state index in [9.17, 15) is 9.18 Å². The largest absolute Gasteiger partial charge is 0.289 e. The monoisotopic (exact) mass is 381 g/mol. The van der Waals surface area contributed by atoms with Gasteiger partial charge in [-0.2, -0.15) is 0 Å². The first-order chi connectivity index (χ1) is 13.6. The number of hydrogen-bond donors (Lipinski definition) is 1. The molecule has 5 heteroatoms. The number of hydrazine groups is 1. The van der Waals surface area contributed by atoms with Gasteiger partial charge in [-0.05, 0) is 86.1 Å². The first-order valence-corrected chi connectivity index (χ1v) is 10.7. The van der Waals surface area contributed by atoms with E-state index in [0.717, 1.165) is 56.1 Å². The van der Waals surface area contributed by atoms with Gasteiger partial charge in [-0.15, -0.1) is 0 Å². The van der Waals surface area contributed by atoms with Crippen LogP contribution in [0.3, 0.4) is 0 Å². The van der Waals surface area contributed by atoms with Crippen LogP contribution >= 0.6 is 0 Å². The predicted molar refractivity (Wildman–Crippen MR) is 107 cm³/mol. The van der Waals surface area contributed by atoms with Crippen molar-refractivity contribution < 1.29 is 9.18 Å². The summed E-state index contributed by atoms with van der Waals surface area (Å²) in [5.74, 6) is 0.647. The Morgan fingerprint density at radius 2 is 1.93 bits per heavy atom. The molecular formula is C23H28FN3O. The molecular weight excluding hydrogens is 353 g/mol. The number of piperidine rings is 1. The highest BCUT2D eigenvalue weighted by Gasteiger charge is 2.58. The summed E-state index contributed by atoms with van der Waals surface area (Å²) >= 11 is 0. The van der Waals surface area contributed by atoms with Gasteiger partial charge in [0.25, 0.3) is 0 Å². The van der Waals surface area contributed by atoms with Crippen LogP contribution in [-0.2, 0) is 4.79 Å². The number of carbonyl (C=O) groups excluding carboxylic acids is 1. The number of nitrogens with zero attached hydrogens (tertiary/aromatic N) is 2. The molecule has 148 valence electrons. The number of fused-ring (bicyclic) bond motifs is 1. The van der Waals surface area contributed by atoms with Crippen molar-refractivity contribution in [2.24, 2.45) is 11.3 Å².